The quantitative estimate of drug-likeness (QED) is 0.175. The first-order chi connectivity index (χ1) is 29.8. The van der Waals surface area contributed by atoms with Gasteiger partial charge in [0.25, 0.3) is 0 Å². The first kappa shape index (κ1) is 31.2. The Kier molecular flexibility index (Phi) is 5.74. The summed E-state index contributed by atoms with van der Waals surface area (Å²) in [4.78, 5) is 11.5. The van der Waals surface area contributed by atoms with E-state index in [0.717, 1.165) is 43.5 Å². The molecule has 0 radical (unpaired) electrons. The van der Waals surface area contributed by atoms with Crippen LogP contribution in [0.1, 0.15) is 0 Å². The molecule has 6 heteroatoms. The largest absolute Gasteiger partial charge is 0.308 e. The zero-order chi connectivity index (χ0) is 38.8. The number of thiophene rings is 1. The van der Waals surface area contributed by atoms with Gasteiger partial charge in [-0.3, -0.25) is 9.13 Å². The van der Waals surface area contributed by atoms with Crippen molar-refractivity contribution in [2.45, 2.75) is 0 Å². The van der Waals surface area contributed by atoms with Crippen LogP contribution in [-0.4, -0.2) is 23.5 Å². The smallest absolute Gasteiger partial charge is 0.237 e. The van der Waals surface area contributed by atoms with Crippen LogP contribution >= 0.6 is 11.3 Å². The fourth-order valence-electron chi connectivity index (χ4n) is 10.7. The average molecular weight is 780 g/mol. The fourth-order valence-corrected chi connectivity index (χ4v) is 11.8. The van der Waals surface area contributed by atoms with E-state index in [9.17, 15) is 0 Å². The minimum Gasteiger partial charge on any atom is -0.308 e. The number of hydrogen-bond acceptors (Lipinski definition) is 3. The third-order valence-electron chi connectivity index (χ3n) is 13.1. The van der Waals surface area contributed by atoms with Crippen molar-refractivity contribution in [1.29, 1.82) is 0 Å². The molecule has 0 aliphatic rings. The van der Waals surface area contributed by atoms with Gasteiger partial charge in [-0.1, -0.05) is 127 Å². The number of aromatic nitrogens is 5. The van der Waals surface area contributed by atoms with Gasteiger partial charge in [-0.25, -0.2) is 4.98 Å². The first-order valence-corrected chi connectivity index (χ1v) is 21.2. The average Bonchev–Trinajstić information content (AvgIpc) is 4.10. The fraction of sp³-hybridized carbons (Fsp3) is 0. The molecule has 9 aromatic carbocycles. The number of hydrogen-bond donors (Lipinski definition) is 0. The normalized spacial score (nSPS) is 12.7. The van der Waals surface area contributed by atoms with E-state index >= 15 is 0 Å². The molecular formula is C54H29N5S. The monoisotopic (exact) mass is 779 g/mol. The molecule has 0 unspecified atom stereocenters. The molecule has 15 aromatic rings. The summed E-state index contributed by atoms with van der Waals surface area (Å²) >= 11 is 1.77. The lowest BCUT2D eigenvalue weighted by Crippen LogP contribution is -2.06. The van der Waals surface area contributed by atoms with Gasteiger partial charge in [0.1, 0.15) is 0 Å². The summed E-state index contributed by atoms with van der Waals surface area (Å²) in [7, 11) is 0. The van der Waals surface area contributed by atoms with Crippen LogP contribution in [0.2, 0.25) is 0 Å². The second-order valence-corrected chi connectivity index (χ2v) is 17.2. The van der Waals surface area contributed by atoms with Gasteiger partial charge in [0.15, 0.2) is 5.82 Å². The van der Waals surface area contributed by atoms with Gasteiger partial charge in [0.05, 0.1) is 48.8 Å². The molecule has 0 spiro atoms. The topological polar surface area (TPSA) is 40.0 Å². The molecule has 0 aliphatic carbocycles. The maximum atomic E-state index is 5.80. The molecule has 6 heterocycles. The highest BCUT2D eigenvalue weighted by molar-refractivity contribution is 7.26. The van der Waals surface area contributed by atoms with Crippen molar-refractivity contribution >= 4 is 135 Å². The van der Waals surface area contributed by atoms with Gasteiger partial charge in [-0.05, 0) is 70.1 Å². The lowest BCUT2D eigenvalue weighted by molar-refractivity contribution is 0.978. The Morgan fingerprint density at radius 3 is 1.80 bits per heavy atom. The number of benzene rings is 9. The molecular weight excluding hydrogens is 751 g/mol. The van der Waals surface area contributed by atoms with Crippen LogP contribution in [0.4, 0.5) is 0 Å². The van der Waals surface area contributed by atoms with E-state index in [1.54, 1.807) is 11.3 Å². The summed E-state index contributed by atoms with van der Waals surface area (Å²) in [6, 6.07) is 64.3. The third kappa shape index (κ3) is 3.78. The van der Waals surface area contributed by atoms with Crippen molar-refractivity contribution in [2.24, 2.45) is 0 Å². The van der Waals surface area contributed by atoms with Crippen LogP contribution in [0, 0.1) is 0 Å². The van der Waals surface area contributed by atoms with Crippen molar-refractivity contribution in [3.63, 3.8) is 0 Å². The standard InChI is InChI=1S/C54H29N5S/c1-2-15-32-28-45-40(27-31(32)14-1)48-50-38(34-17-5-9-21-41(34)57(45)50)29-39-35-18-6-10-22-42(35)59(51(39)48)54-55-49-37-20-8-12-24-46(37)60-52(49)53(56-54)58-43-23-11-7-19-36(43)47-33-16-4-3-13-30(33)25-26-44(47)58/h1-29H. The Balaban J connectivity index is 1.17. The van der Waals surface area contributed by atoms with Gasteiger partial charge in [-0.2, -0.15) is 4.98 Å². The lowest BCUT2D eigenvalue weighted by atomic mass is 10.0. The molecule has 0 saturated heterocycles. The SMILES string of the molecule is c1ccc2cc3c(cc2c1)c1c2c(cc4c5ccccc5n3c41)c1ccccc1n2-c1nc(-n2c3ccccc3c3c4ccccc4ccc32)c2sc3ccccc3c2n1. The minimum absolute atomic E-state index is 0.659. The Morgan fingerprint density at radius 2 is 0.983 bits per heavy atom. The van der Waals surface area contributed by atoms with E-state index in [-0.39, 0.29) is 0 Å². The number of fused-ring (bicyclic) bond motifs is 19. The Bertz CT molecular complexity index is 4370. The Labute approximate surface area is 344 Å². The van der Waals surface area contributed by atoms with Crippen molar-refractivity contribution in [3.05, 3.63) is 176 Å². The highest BCUT2D eigenvalue weighted by atomic mass is 32.1. The molecule has 0 amide bonds. The highest BCUT2D eigenvalue weighted by Gasteiger charge is 2.27. The second kappa shape index (κ2) is 11.0. The molecule has 0 aliphatic heterocycles. The van der Waals surface area contributed by atoms with Gasteiger partial charge < -0.3 is 4.40 Å². The van der Waals surface area contributed by atoms with Crippen LogP contribution in [0.25, 0.3) is 135 Å². The van der Waals surface area contributed by atoms with Crippen LogP contribution in [0.15, 0.2) is 176 Å². The van der Waals surface area contributed by atoms with E-state index in [0.29, 0.717) is 5.95 Å². The highest BCUT2D eigenvalue weighted by Crippen LogP contribution is 2.48. The van der Waals surface area contributed by atoms with Gasteiger partial charge >= 0.3 is 0 Å². The Hall–Kier alpha value is -7.80. The molecule has 0 N–H and O–H groups in total. The van der Waals surface area contributed by atoms with Crippen LogP contribution in [0.3, 0.4) is 0 Å². The van der Waals surface area contributed by atoms with Gasteiger partial charge in [0, 0.05) is 53.2 Å². The van der Waals surface area contributed by atoms with Gasteiger partial charge in [-0.15, -0.1) is 11.3 Å². The van der Waals surface area contributed by atoms with Crippen molar-refractivity contribution in [3.8, 4) is 11.8 Å². The van der Waals surface area contributed by atoms with E-state index in [2.05, 4.69) is 189 Å². The predicted molar refractivity (Wildman–Crippen MR) is 253 cm³/mol. The van der Waals surface area contributed by atoms with Crippen molar-refractivity contribution < 1.29 is 0 Å². The van der Waals surface area contributed by atoms with Crippen molar-refractivity contribution in [1.82, 2.24) is 23.5 Å². The number of para-hydroxylation sites is 3. The summed E-state index contributed by atoms with van der Waals surface area (Å²) in [5, 5.41) is 15.8. The van der Waals surface area contributed by atoms with Crippen molar-refractivity contribution in [2.75, 3.05) is 0 Å². The molecule has 0 saturated carbocycles. The maximum absolute atomic E-state index is 5.80. The van der Waals surface area contributed by atoms with E-state index in [1.807, 2.05) is 0 Å². The van der Waals surface area contributed by atoms with Crippen LogP contribution < -0.4 is 0 Å². The lowest BCUT2D eigenvalue weighted by Gasteiger charge is -2.13. The Morgan fingerprint density at radius 1 is 0.367 bits per heavy atom. The van der Waals surface area contributed by atoms with Crippen LogP contribution in [-0.2, 0) is 0 Å². The predicted octanol–water partition coefficient (Wildman–Crippen LogP) is 14.5. The molecule has 60 heavy (non-hydrogen) atoms. The van der Waals surface area contributed by atoms with E-state index in [4.69, 9.17) is 9.97 Å². The molecule has 5 nitrogen and oxygen atoms in total. The van der Waals surface area contributed by atoms with Crippen LogP contribution in [0.5, 0.6) is 0 Å². The molecule has 0 fully saturated rings. The summed E-state index contributed by atoms with van der Waals surface area (Å²) in [6.07, 6.45) is 0. The second-order valence-electron chi connectivity index (χ2n) is 16.1. The summed E-state index contributed by atoms with van der Waals surface area (Å²) in [5.41, 5.74) is 9.08. The summed E-state index contributed by atoms with van der Waals surface area (Å²) in [6.45, 7) is 0. The third-order valence-corrected chi connectivity index (χ3v) is 14.3. The number of rotatable bonds is 2. The first-order valence-electron chi connectivity index (χ1n) is 20.4. The molecule has 6 aromatic heterocycles. The van der Waals surface area contributed by atoms with E-state index in [1.165, 1.54) is 85.9 Å². The summed E-state index contributed by atoms with van der Waals surface area (Å²) in [5.74, 6) is 1.55. The van der Waals surface area contributed by atoms with E-state index < -0.39 is 0 Å². The number of nitrogens with zero attached hydrogens (tertiary/aromatic N) is 5. The molecule has 0 atom stereocenters. The molecule has 0 bridgehead atoms. The summed E-state index contributed by atoms with van der Waals surface area (Å²) < 4.78 is 9.52. The zero-order valence-corrected chi connectivity index (χ0v) is 32.7. The maximum Gasteiger partial charge on any atom is 0.237 e. The zero-order valence-electron chi connectivity index (χ0n) is 31.9. The molecule has 276 valence electrons. The molecule has 15 rings (SSSR count). The van der Waals surface area contributed by atoms with Gasteiger partial charge in [0.2, 0.25) is 5.95 Å². The minimum atomic E-state index is 0.659.